The third kappa shape index (κ3) is 5.82. The van der Waals surface area contributed by atoms with E-state index in [1.54, 1.807) is 0 Å². The fourth-order valence-corrected chi connectivity index (χ4v) is 8.65. The van der Waals surface area contributed by atoms with Crippen molar-refractivity contribution in [2.45, 2.75) is 0 Å². The maximum absolute atomic E-state index is 6.49. The minimum Gasteiger partial charge on any atom is -0.455 e. The Kier molecular flexibility index (Phi) is 8.19. The van der Waals surface area contributed by atoms with Gasteiger partial charge >= 0.3 is 0 Å². The Balaban J connectivity index is 1.06. The molecule has 0 amide bonds. The van der Waals surface area contributed by atoms with E-state index in [0.29, 0.717) is 0 Å². The van der Waals surface area contributed by atoms with Gasteiger partial charge in [-0.25, -0.2) is 0 Å². The van der Waals surface area contributed by atoms with E-state index >= 15 is 0 Å². The highest BCUT2D eigenvalue weighted by molar-refractivity contribution is 6.16. The van der Waals surface area contributed by atoms with Crippen LogP contribution in [-0.2, 0) is 0 Å². The lowest BCUT2D eigenvalue weighted by molar-refractivity contribution is 0.672. The molecule has 0 aliphatic carbocycles. The van der Waals surface area contributed by atoms with Gasteiger partial charge in [0.2, 0.25) is 0 Å². The molecule has 0 atom stereocenters. The molecule has 2 heteroatoms. The molecule has 0 N–H and O–H groups in total. The van der Waals surface area contributed by atoms with Gasteiger partial charge in [0.25, 0.3) is 0 Å². The maximum atomic E-state index is 6.49. The van der Waals surface area contributed by atoms with Crippen LogP contribution >= 0.6 is 0 Å². The zero-order valence-corrected chi connectivity index (χ0v) is 31.7. The fraction of sp³-hybridized carbons (Fsp3) is 0. The Bertz CT molecular complexity index is 3170. The molecule has 0 bridgehead atoms. The van der Waals surface area contributed by atoms with Crippen LogP contribution in [0.4, 0.5) is 17.1 Å². The number of furan rings is 1. The SMILES string of the molecule is c1ccc(-c2ccc(N(c3ccc(-c4ccccc4)cc3)c3ccc(-c4ccccc4-c4ccc5ccc6c7ccccc7oc6c5c4)c4ccccc34)cc2)cc1. The van der Waals surface area contributed by atoms with Crippen molar-refractivity contribution in [3.8, 4) is 44.5 Å². The van der Waals surface area contributed by atoms with Crippen LogP contribution in [0.5, 0.6) is 0 Å². The van der Waals surface area contributed by atoms with E-state index in [0.717, 1.165) is 55.3 Å². The van der Waals surface area contributed by atoms with Crippen LogP contribution in [0.25, 0.3) is 88.0 Å². The van der Waals surface area contributed by atoms with E-state index < -0.39 is 0 Å². The largest absolute Gasteiger partial charge is 0.455 e. The molecule has 0 fully saturated rings. The Morgan fingerprint density at radius 2 is 0.810 bits per heavy atom. The number of rotatable bonds is 7. The standard InChI is InChI=1S/C56H37NO/c1-3-13-38(14-4-1)40-25-30-44(31-26-40)57(45-32-27-41(28-33-45)39-15-5-2-6-16-39)54-36-35-49(48-19-9-10-20-50(48)54)47-18-8-7-17-46(47)43-24-23-42-29-34-52-51-21-11-12-22-55(51)58-56(52)53(42)37-43/h1-37H. The van der Waals surface area contributed by atoms with Gasteiger partial charge < -0.3 is 9.32 Å². The van der Waals surface area contributed by atoms with Crippen molar-refractivity contribution in [2.75, 3.05) is 4.90 Å². The van der Waals surface area contributed by atoms with Gasteiger partial charge in [-0.15, -0.1) is 0 Å². The average molecular weight is 740 g/mol. The lowest BCUT2D eigenvalue weighted by Crippen LogP contribution is -2.10. The minimum absolute atomic E-state index is 0.913. The van der Waals surface area contributed by atoms with Crippen molar-refractivity contribution in [1.29, 1.82) is 0 Å². The van der Waals surface area contributed by atoms with Crippen molar-refractivity contribution in [1.82, 2.24) is 0 Å². The zero-order valence-electron chi connectivity index (χ0n) is 31.7. The van der Waals surface area contributed by atoms with Gasteiger partial charge in [0.15, 0.2) is 0 Å². The summed E-state index contributed by atoms with van der Waals surface area (Å²) in [5.41, 5.74) is 14.7. The molecule has 0 aliphatic heterocycles. The van der Waals surface area contributed by atoms with E-state index in [9.17, 15) is 0 Å². The van der Waals surface area contributed by atoms with Crippen LogP contribution in [0.3, 0.4) is 0 Å². The molecule has 0 aliphatic rings. The second-order valence-corrected chi connectivity index (χ2v) is 14.9. The van der Waals surface area contributed by atoms with Crippen molar-refractivity contribution >= 4 is 60.5 Å². The molecule has 11 aromatic rings. The molecule has 1 aromatic heterocycles. The fourth-order valence-electron chi connectivity index (χ4n) is 8.65. The predicted molar refractivity (Wildman–Crippen MR) is 245 cm³/mol. The summed E-state index contributed by atoms with van der Waals surface area (Å²) in [5.74, 6) is 0. The number of hydrogen-bond donors (Lipinski definition) is 0. The molecule has 0 radical (unpaired) electrons. The summed E-state index contributed by atoms with van der Waals surface area (Å²) in [6.45, 7) is 0. The minimum atomic E-state index is 0.913. The lowest BCUT2D eigenvalue weighted by atomic mass is 9.90. The van der Waals surface area contributed by atoms with Crippen LogP contribution in [-0.4, -0.2) is 0 Å². The van der Waals surface area contributed by atoms with Crippen molar-refractivity contribution in [2.24, 2.45) is 0 Å². The third-order valence-electron chi connectivity index (χ3n) is 11.5. The molecule has 1 heterocycles. The van der Waals surface area contributed by atoms with Crippen molar-refractivity contribution < 1.29 is 4.42 Å². The average Bonchev–Trinajstić information content (AvgIpc) is 3.69. The summed E-state index contributed by atoms with van der Waals surface area (Å²) >= 11 is 0. The highest BCUT2D eigenvalue weighted by Gasteiger charge is 2.20. The van der Waals surface area contributed by atoms with Crippen LogP contribution < -0.4 is 4.90 Å². The molecule has 0 saturated heterocycles. The van der Waals surface area contributed by atoms with Gasteiger partial charge in [0, 0.05) is 32.9 Å². The first-order chi connectivity index (χ1) is 28.8. The molecule has 58 heavy (non-hydrogen) atoms. The topological polar surface area (TPSA) is 16.4 Å². The lowest BCUT2D eigenvalue weighted by Gasteiger charge is -2.28. The van der Waals surface area contributed by atoms with E-state index in [4.69, 9.17) is 4.42 Å². The van der Waals surface area contributed by atoms with Crippen LogP contribution in [0, 0.1) is 0 Å². The highest BCUT2D eigenvalue weighted by atomic mass is 16.3. The van der Waals surface area contributed by atoms with Crippen LogP contribution in [0.15, 0.2) is 229 Å². The van der Waals surface area contributed by atoms with Gasteiger partial charge in [-0.3, -0.25) is 0 Å². The molecule has 10 aromatic carbocycles. The molecule has 0 unspecified atom stereocenters. The summed E-state index contributed by atoms with van der Waals surface area (Å²) in [7, 11) is 0. The first-order valence-electron chi connectivity index (χ1n) is 19.8. The number of benzene rings is 10. The van der Waals surface area contributed by atoms with Gasteiger partial charge in [-0.2, -0.15) is 0 Å². The number of hydrogen-bond acceptors (Lipinski definition) is 2. The van der Waals surface area contributed by atoms with Crippen molar-refractivity contribution in [3.63, 3.8) is 0 Å². The Morgan fingerprint density at radius 3 is 1.48 bits per heavy atom. The molecular formula is C56H37NO. The monoisotopic (exact) mass is 739 g/mol. The maximum Gasteiger partial charge on any atom is 0.143 e. The van der Waals surface area contributed by atoms with E-state index in [-0.39, 0.29) is 0 Å². The number of anilines is 3. The molecule has 0 spiro atoms. The van der Waals surface area contributed by atoms with E-state index in [2.05, 4.69) is 223 Å². The van der Waals surface area contributed by atoms with Gasteiger partial charge in [0.1, 0.15) is 11.2 Å². The molecule has 0 saturated carbocycles. The normalized spacial score (nSPS) is 11.4. The zero-order chi connectivity index (χ0) is 38.4. The summed E-state index contributed by atoms with van der Waals surface area (Å²) in [4.78, 5) is 2.39. The predicted octanol–water partition coefficient (Wildman–Crippen LogP) is 16.0. The van der Waals surface area contributed by atoms with Crippen LogP contribution in [0.2, 0.25) is 0 Å². The molecule has 11 rings (SSSR count). The summed E-state index contributed by atoms with van der Waals surface area (Å²) < 4.78 is 6.49. The third-order valence-corrected chi connectivity index (χ3v) is 11.5. The summed E-state index contributed by atoms with van der Waals surface area (Å²) in [6, 6.07) is 80.7. The van der Waals surface area contributed by atoms with Crippen LogP contribution in [0.1, 0.15) is 0 Å². The van der Waals surface area contributed by atoms with Crippen molar-refractivity contribution in [3.05, 3.63) is 224 Å². The number of fused-ring (bicyclic) bond motifs is 6. The molecule has 272 valence electrons. The Hall–Kier alpha value is -7.68. The first-order valence-corrected chi connectivity index (χ1v) is 19.8. The first kappa shape index (κ1) is 33.6. The smallest absolute Gasteiger partial charge is 0.143 e. The second-order valence-electron chi connectivity index (χ2n) is 14.9. The van der Waals surface area contributed by atoms with Gasteiger partial charge in [0.05, 0.1) is 5.69 Å². The summed E-state index contributed by atoms with van der Waals surface area (Å²) in [6.07, 6.45) is 0. The van der Waals surface area contributed by atoms with Gasteiger partial charge in [-0.1, -0.05) is 176 Å². The van der Waals surface area contributed by atoms with Gasteiger partial charge in [-0.05, 0) is 104 Å². The Morgan fingerprint density at radius 1 is 0.293 bits per heavy atom. The second kappa shape index (κ2) is 14.1. The highest BCUT2D eigenvalue weighted by Crippen LogP contribution is 2.45. The molecular weight excluding hydrogens is 703 g/mol. The number of nitrogens with zero attached hydrogens (tertiary/aromatic N) is 1. The quantitative estimate of drug-likeness (QED) is 0.162. The molecule has 2 nitrogen and oxygen atoms in total. The number of para-hydroxylation sites is 1. The van der Waals surface area contributed by atoms with E-state index in [1.807, 2.05) is 6.07 Å². The Labute approximate surface area is 337 Å². The summed E-state index contributed by atoms with van der Waals surface area (Å²) in [5, 5.41) is 6.94. The van der Waals surface area contributed by atoms with E-state index in [1.165, 1.54) is 49.7 Å².